The van der Waals surface area contributed by atoms with E-state index in [4.69, 9.17) is 10.7 Å². The number of aromatic nitrogens is 2. The molecule has 1 aromatic heterocycles. The van der Waals surface area contributed by atoms with Gasteiger partial charge < -0.3 is 10.3 Å². The van der Waals surface area contributed by atoms with Crippen molar-refractivity contribution in [2.24, 2.45) is 0 Å². The minimum atomic E-state index is 0.531. The molecule has 0 atom stereocenters. The minimum absolute atomic E-state index is 0.531. The summed E-state index contributed by atoms with van der Waals surface area (Å²) >= 11 is 0. The molecule has 2 N–H and O–H groups in total. The molecule has 1 aliphatic carbocycles. The fourth-order valence-electron chi connectivity index (χ4n) is 3.11. The van der Waals surface area contributed by atoms with Crippen molar-refractivity contribution in [3.05, 3.63) is 48.7 Å². The topological polar surface area (TPSA) is 43.8 Å². The second-order valence-corrected chi connectivity index (χ2v) is 5.45. The molecule has 1 saturated carbocycles. The summed E-state index contributed by atoms with van der Waals surface area (Å²) in [6, 6.07) is 10.3. The Bertz CT molecular complexity index is 592. The van der Waals surface area contributed by atoms with Crippen LogP contribution in [0.4, 0.5) is 5.82 Å². The first-order chi connectivity index (χ1) is 9.81. The van der Waals surface area contributed by atoms with Gasteiger partial charge in [-0.15, -0.1) is 6.58 Å². The highest BCUT2D eigenvalue weighted by Crippen LogP contribution is 2.38. The van der Waals surface area contributed by atoms with E-state index in [-0.39, 0.29) is 0 Å². The van der Waals surface area contributed by atoms with Crippen LogP contribution >= 0.6 is 0 Å². The molecule has 3 nitrogen and oxygen atoms in total. The first kappa shape index (κ1) is 13.0. The Labute approximate surface area is 120 Å². The summed E-state index contributed by atoms with van der Waals surface area (Å²) in [6.07, 6.45) is 6.88. The largest absolute Gasteiger partial charge is 0.384 e. The summed E-state index contributed by atoms with van der Waals surface area (Å²) in [5, 5.41) is 0. The summed E-state index contributed by atoms with van der Waals surface area (Å²) in [6.45, 7) is 4.54. The molecular formula is C17H21N3. The highest BCUT2D eigenvalue weighted by molar-refractivity contribution is 5.61. The van der Waals surface area contributed by atoms with E-state index in [2.05, 4.69) is 23.3 Å². The lowest BCUT2D eigenvalue weighted by Gasteiger charge is -2.08. The molecule has 104 valence electrons. The first-order valence-corrected chi connectivity index (χ1v) is 7.33. The van der Waals surface area contributed by atoms with Gasteiger partial charge in [-0.3, -0.25) is 0 Å². The third-order valence-electron chi connectivity index (χ3n) is 4.12. The lowest BCUT2D eigenvalue weighted by Crippen LogP contribution is -2.05. The Morgan fingerprint density at radius 3 is 2.60 bits per heavy atom. The van der Waals surface area contributed by atoms with E-state index in [0.29, 0.717) is 12.5 Å². The second kappa shape index (κ2) is 5.53. The van der Waals surface area contributed by atoms with Gasteiger partial charge in [0, 0.05) is 18.0 Å². The van der Waals surface area contributed by atoms with Gasteiger partial charge in [-0.25, -0.2) is 4.98 Å². The van der Waals surface area contributed by atoms with Gasteiger partial charge in [-0.2, -0.15) is 0 Å². The highest BCUT2D eigenvalue weighted by atomic mass is 15.1. The highest BCUT2D eigenvalue weighted by Gasteiger charge is 2.25. The van der Waals surface area contributed by atoms with Gasteiger partial charge in [-0.1, -0.05) is 49.2 Å². The molecule has 20 heavy (non-hydrogen) atoms. The van der Waals surface area contributed by atoms with Crippen molar-refractivity contribution in [1.82, 2.24) is 9.55 Å². The van der Waals surface area contributed by atoms with Crippen LogP contribution in [0, 0.1) is 0 Å². The van der Waals surface area contributed by atoms with E-state index >= 15 is 0 Å². The van der Waals surface area contributed by atoms with Gasteiger partial charge in [0.05, 0.1) is 5.69 Å². The summed E-state index contributed by atoms with van der Waals surface area (Å²) in [5.74, 6) is 2.31. The fourth-order valence-corrected chi connectivity index (χ4v) is 3.11. The molecule has 0 bridgehead atoms. The summed E-state index contributed by atoms with van der Waals surface area (Å²) in [4.78, 5) is 4.87. The Morgan fingerprint density at radius 1 is 1.25 bits per heavy atom. The third-order valence-corrected chi connectivity index (χ3v) is 4.12. The lowest BCUT2D eigenvalue weighted by atomic mass is 10.0. The van der Waals surface area contributed by atoms with Crippen molar-refractivity contribution < 1.29 is 0 Å². The maximum Gasteiger partial charge on any atom is 0.142 e. The lowest BCUT2D eigenvalue weighted by molar-refractivity contribution is 0.704. The van der Waals surface area contributed by atoms with E-state index in [1.165, 1.54) is 25.7 Å². The van der Waals surface area contributed by atoms with Crippen molar-refractivity contribution in [3.8, 4) is 11.4 Å². The summed E-state index contributed by atoms with van der Waals surface area (Å²) in [5.41, 5.74) is 8.56. The fraction of sp³-hybridized carbons (Fsp3) is 0.353. The molecule has 0 spiro atoms. The molecule has 0 aliphatic heterocycles. The van der Waals surface area contributed by atoms with Gasteiger partial charge in [0.1, 0.15) is 11.6 Å². The predicted octanol–water partition coefficient (Wildman–Crippen LogP) is 3.98. The molecule has 3 heteroatoms. The number of hydrogen-bond donors (Lipinski definition) is 1. The zero-order chi connectivity index (χ0) is 13.9. The summed E-state index contributed by atoms with van der Waals surface area (Å²) in [7, 11) is 0. The minimum Gasteiger partial charge on any atom is -0.384 e. The molecule has 0 unspecified atom stereocenters. The van der Waals surface area contributed by atoms with Gasteiger partial charge in [-0.05, 0) is 12.8 Å². The number of allylic oxidation sites excluding steroid dienone is 1. The molecule has 0 amide bonds. The van der Waals surface area contributed by atoms with E-state index in [9.17, 15) is 0 Å². The molecule has 0 saturated heterocycles. The van der Waals surface area contributed by atoms with Crippen molar-refractivity contribution in [2.45, 2.75) is 38.1 Å². The van der Waals surface area contributed by atoms with Crippen LogP contribution in [0.3, 0.4) is 0 Å². The maximum absolute atomic E-state index is 6.36. The molecular weight excluding hydrogens is 246 g/mol. The molecule has 0 radical (unpaired) electrons. The molecule has 1 aromatic carbocycles. The van der Waals surface area contributed by atoms with Crippen LogP contribution in [0.25, 0.3) is 11.4 Å². The van der Waals surface area contributed by atoms with Crippen LogP contribution in [0.1, 0.15) is 37.3 Å². The predicted molar refractivity (Wildman–Crippen MR) is 83.5 cm³/mol. The quantitative estimate of drug-likeness (QED) is 0.852. The van der Waals surface area contributed by atoms with Gasteiger partial charge in [0.2, 0.25) is 0 Å². The zero-order valence-electron chi connectivity index (χ0n) is 11.8. The monoisotopic (exact) mass is 267 g/mol. The Morgan fingerprint density at radius 2 is 1.95 bits per heavy atom. The number of hydrogen-bond acceptors (Lipinski definition) is 2. The van der Waals surface area contributed by atoms with Gasteiger partial charge in [0.25, 0.3) is 0 Å². The third kappa shape index (κ3) is 2.24. The van der Waals surface area contributed by atoms with Crippen LogP contribution in [0.15, 0.2) is 43.0 Å². The van der Waals surface area contributed by atoms with Crippen molar-refractivity contribution in [1.29, 1.82) is 0 Å². The Hall–Kier alpha value is -2.03. The van der Waals surface area contributed by atoms with E-state index in [1.807, 2.05) is 24.3 Å². The Balaban J connectivity index is 2.08. The number of benzene rings is 1. The SMILES string of the molecule is C=CCn1c(-c2ccccc2)nc(C2CCCC2)c1N. The molecule has 1 heterocycles. The van der Waals surface area contributed by atoms with Crippen LogP contribution in [-0.4, -0.2) is 9.55 Å². The second-order valence-electron chi connectivity index (χ2n) is 5.45. The normalized spacial score (nSPS) is 15.6. The van der Waals surface area contributed by atoms with Gasteiger partial charge >= 0.3 is 0 Å². The van der Waals surface area contributed by atoms with Crippen LogP contribution in [0.2, 0.25) is 0 Å². The van der Waals surface area contributed by atoms with E-state index in [0.717, 1.165) is 22.9 Å². The standard InChI is InChI=1S/C17H21N3/c1-2-12-20-16(18)15(13-8-6-7-9-13)19-17(20)14-10-4-3-5-11-14/h2-5,10-11,13H,1,6-9,12,18H2. The Kier molecular flexibility index (Phi) is 3.59. The number of anilines is 1. The van der Waals surface area contributed by atoms with Crippen molar-refractivity contribution in [2.75, 3.05) is 5.73 Å². The molecule has 2 aromatic rings. The average molecular weight is 267 g/mol. The molecule has 3 rings (SSSR count). The van der Waals surface area contributed by atoms with Crippen molar-refractivity contribution >= 4 is 5.82 Å². The van der Waals surface area contributed by atoms with Crippen LogP contribution in [-0.2, 0) is 6.54 Å². The average Bonchev–Trinajstić information content (AvgIpc) is 3.10. The van der Waals surface area contributed by atoms with Crippen molar-refractivity contribution in [3.63, 3.8) is 0 Å². The van der Waals surface area contributed by atoms with Crippen LogP contribution in [0.5, 0.6) is 0 Å². The van der Waals surface area contributed by atoms with E-state index in [1.54, 1.807) is 0 Å². The smallest absolute Gasteiger partial charge is 0.142 e. The number of nitrogen functional groups attached to an aromatic ring is 1. The van der Waals surface area contributed by atoms with Gasteiger partial charge in [0.15, 0.2) is 0 Å². The summed E-state index contributed by atoms with van der Waals surface area (Å²) < 4.78 is 2.08. The zero-order valence-corrected chi connectivity index (χ0v) is 11.8. The number of imidazole rings is 1. The maximum atomic E-state index is 6.36. The first-order valence-electron chi connectivity index (χ1n) is 7.33. The van der Waals surface area contributed by atoms with E-state index < -0.39 is 0 Å². The number of nitrogens with zero attached hydrogens (tertiary/aromatic N) is 2. The molecule has 1 fully saturated rings. The molecule has 1 aliphatic rings. The van der Waals surface area contributed by atoms with Crippen LogP contribution < -0.4 is 5.73 Å². The number of nitrogens with two attached hydrogens (primary N) is 1. The number of rotatable bonds is 4.